The Hall–Kier alpha value is -1.94. The van der Waals surface area contributed by atoms with Gasteiger partial charge in [0.1, 0.15) is 0 Å². The van der Waals surface area contributed by atoms with Crippen molar-refractivity contribution in [2.75, 3.05) is 7.05 Å². The maximum Gasteiger partial charge on any atom is 0.253 e. The minimum Gasteiger partial charge on any atom is -0.312 e. The molecule has 18 heavy (non-hydrogen) atoms. The first-order chi connectivity index (χ1) is 8.70. The number of aromatic nitrogens is 2. The van der Waals surface area contributed by atoms with Crippen LogP contribution in [0.3, 0.4) is 0 Å². The predicted octanol–water partition coefficient (Wildman–Crippen LogP) is 1.51. The van der Waals surface area contributed by atoms with Crippen molar-refractivity contribution in [1.82, 2.24) is 14.9 Å². The third kappa shape index (κ3) is 2.84. The molecule has 0 radical (unpaired) electrons. The summed E-state index contributed by atoms with van der Waals surface area (Å²) in [6, 6.07) is 11.7. The minimum absolute atomic E-state index is 0.0151. The lowest BCUT2D eigenvalue weighted by atomic mass is 10.1. The molecule has 1 N–H and O–H groups in total. The number of hydrogen-bond acceptors (Lipinski definition) is 3. The predicted molar refractivity (Wildman–Crippen MR) is 71.5 cm³/mol. The van der Waals surface area contributed by atoms with Crippen LogP contribution in [-0.4, -0.2) is 16.6 Å². The first kappa shape index (κ1) is 12.5. The summed E-state index contributed by atoms with van der Waals surface area (Å²) in [5.74, 6) is 0. The molecule has 0 saturated heterocycles. The monoisotopic (exact) mass is 243 g/mol. The molecule has 2 aromatic rings. The quantitative estimate of drug-likeness (QED) is 0.885. The SMILES string of the molecule is CNC(Cn1cnc(C)cc1=O)c1ccccc1. The van der Waals surface area contributed by atoms with E-state index in [0.717, 1.165) is 11.3 Å². The van der Waals surface area contributed by atoms with Gasteiger partial charge in [-0.25, -0.2) is 4.98 Å². The fourth-order valence-electron chi connectivity index (χ4n) is 1.90. The summed E-state index contributed by atoms with van der Waals surface area (Å²) in [6.45, 7) is 2.39. The van der Waals surface area contributed by atoms with Gasteiger partial charge in [0.2, 0.25) is 0 Å². The summed E-state index contributed by atoms with van der Waals surface area (Å²) in [6.07, 6.45) is 1.60. The van der Waals surface area contributed by atoms with Gasteiger partial charge in [0.05, 0.1) is 12.4 Å². The first-order valence-electron chi connectivity index (χ1n) is 5.96. The van der Waals surface area contributed by atoms with E-state index in [1.54, 1.807) is 17.0 Å². The van der Waals surface area contributed by atoms with E-state index < -0.39 is 0 Å². The van der Waals surface area contributed by atoms with Crippen LogP contribution < -0.4 is 10.9 Å². The van der Waals surface area contributed by atoms with Crippen molar-refractivity contribution in [3.8, 4) is 0 Å². The van der Waals surface area contributed by atoms with Gasteiger partial charge >= 0.3 is 0 Å². The van der Waals surface area contributed by atoms with Gasteiger partial charge < -0.3 is 5.32 Å². The highest BCUT2D eigenvalue weighted by atomic mass is 16.1. The molecular formula is C14H17N3O. The van der Waals surface area contributed by atoms with Crippen molar-refractivity contribution in [2.24, 2.45) is 0 Å². The summed E-state index contributed by atoms with van der Waals surface area (Å²) < 4.78 is 1.63. The number of aryl methyl sites for hydroxylation is 1. The number of likely N-dealkylation sites (N-methyl/N-ethyl adjacent to an activating group) is 1. The van der Waals surface area contributed by atoms with Crippen molar-refractivity contribution in [3.05, 3.63) is 64.3 Å². The summed E-state index contributed by atoms with van der Waals surface area (Å²) in [4.78, 5) is 16.0. The molecule has 0 saturated carbocycles. The average molecular weight is 243 g/mol. The molecule has 0 aliphatic heterocycles. The highest BCUT2D eigenvalue weighted by Gasteiger charge is 2.10. The van der Waals surface area contributed by atoms with Crippen molar-refractivity contribution < 1.29 is 0 Å². The smallest absolute Gasteiger partial charge is 0.253 e. The normalized spacial score (nSPS) is 12.3. The highest BCUT2D eigenvalue weighted by molar-refractivity contribution is 5.18. The summed E-state index contributed by atoms with van der Waals surface area (Å²) in [5.41, 5.74) is 1.89. The molecule has 94 valence electrons. The molecule has 0 spiro atoms. The van der Waals surface area contributed by atoms with Gasteiger partial charge in [0, 0.05) is 18.3 Å². The maximum absolute atomic E-state index is 11.8. The van der Waals surface area contributed by atoms with Crippen molar-refractivity contribution in [2.45, 2.75) is 19.5 Å². The second-order valence-corrected chi connectivity index (χ2v) is 4.27. The zero-order chi connectivity index (χ0) is 13.0. The first-order valence-corrected chi connectivity index (χ1v) is 5.96. The molecule has 0 amide bonds. The summed E-state index contributed by atoms with van der Waals surface area (Å²) in [7, 11) is 1.89. The Bertz CT molecular complexity index is 563. The minimum atomic E-state index is -0.0151. The standard InChI is InChI=1S/C14H17N3O/c1-11-8-14(18)17(10-16-11)9-13(15-2)12-6-4-3-5-7-12/h3-8,10,13,15H,9H2,1-2H3. The molecule has 1 aromatic heterocycles. The van der Waals surface area contributed by atoms with E-state index in [1.165, 1.54) is 0 Å². The van der Waals surface area contributed by atoms with Crippen LogP contribution in [-0.2, 0) is 6.54 Å². The van der Waals surface area contributed by atoms with Crippen LogP contribution in [0.1, 0.15) is 17.3 Å². The molecule has 1 unspecified atom stereocenters. The van der Waals surface area contributed by atoms with Gasteiger partial charge in [-0.3, -0.25) is 9.36 Å². The van der Waals surface area contributed by atoms with Crippen LogP contribution in [0.15, 0.2) is 47.5 Å². The van der Waals surface area contributed by atoms with Crippen LogP contribution in [0, 0.1) is 6.92 Å². The fraction of sp³-hybridized carbons (Fsp3) is 0.286. The molecule has 0 aliphatic carbocycles. The third-order valence-corrected chi connectivity index (χ3v) is 2.95. The van der Waals surface area contributed by atoms with Crippen LogP contribution in [0.5, 0.6) is 0 Å². The zero-order valence-corrected chi connectivity index (χ0v) is 10.6. The molecule has 0 aliphatic rings. The molecule has 1 atom stereocenters. The lowest BCUT2D eigenvalue weighted by molar-refractivity contribution is 0.486. The number of nitrogens with one attached hydrogen (secondary N) is 1. The Balaban J connectivity index is 2.23. The Morgan fingerprint density at radius 3 is 2.67 bits per heavy atom. The Kier molecular flexibility index (Phi) is 3.89. The van der Waals surface area contributed by atoms with Crippen LogP contribution >= 0.6 is 0 Å². The van der Waals surface area contributed by atoms with E-state index in [1.807, 2.05) is 44.3 Å². The molecule has 0 fully saturated rings. The summed E-state index contributed by atoms with van der Waals surface area (Å²) in [5, 5.41) is 3.22. The van der Waals surface area contributed by atoms with Crippen LogP contribution in [0.2, 0.25) is 0 Å². The van der Waals surface area contributed by atoms with Gasteiger partial charge in [0.15, 0.2) is 0 Å². The van der Waals surface area contributed by atoms with Crippen LogP contribution in [0.25, 0.3) is 0 Å². The van der Waals surface area contributed by atoms with Crippen molar-refractivity contribution >= 4 is 0 Å². The van der Waals surface area contributed by atoms with Gasteiger partial charge in [0.25, 0.3) is 5.56 Å². The third-order valence-electron chi connectivity index (χ3n) is 2.95. The maximum atomic E-state index is 11.8. The molecule has 4 heteroatoms. The number of benzene rings is 1. The lowest BCUT2D eigenvalue weighted by Crippen LogP contribution is -2.28. The number of nitrogens with zero attached hydrogens (tertiary/aromatic N) is 2. The van der Waals surface area contributed by atoms with E-state index in [9.17, 15) is 4.79 Å². The highest BCUT2D eigenvalue weighted by Crippen LogP contribution is 2.13. The molecular weight excluding hydrogens is 226 g/mol. The van der Waals surface area contributed by atoms with Gasteiger partial charge in [-0.05, 0) is 19.5 Å². The molecule has 1 aromatic carbocycles. The Morgan fingerprint density at radius 2 is 2.06 bits per heavy atom. The second-order valence-electron chi connectivity index (χ2n) is 4.27. The van der Waals surface area contributed by atoms with E-state index in [4.69, 9.17) is 0 Å². The van der Waals surface area contributed by atoms with E-state index >= 15 is 0 Å². The van der Waals surface area contributed by atoms with E-state index in [0.29, 0.717) is 6.54 Å². The van der Waals surface area contributed by atoms with Gasteiger partial charge in [-0.1, -0.05) is 30.3 Å². The van der Waals surface area contributed by atoms with Crippen molar-refractivity contribution in [3.63, 3.8) is 0 Å². The van der Waals surface area contributed by atoms with E-state index in [-0.39, 0.29) is 11.6 Å². The topological polar surface area (TPSA) is 46.9 Å². The Labute approximate surface area is 106 Å². The number of hydrogen-bond donors (Lipinski definition) is 1. The molecule has 2 rings (SSSR count). The second kappa shape index (κ2) is 5.60. The van der Waals surface area contributed by atoms with Crippen molar-refractivity contribution in [1.29, 1.82) is 0 Å². The lowest BCUT2D eigenvalue weighted by Gasteiger charge is -2.17. The number of rotatable bonds is 4. The zero-order valence-electron chi connectivity index (χ0n) is 10.6. The largest absolute Gasteiger partial charge is 0.312 e. The summed E-state index contributed by atoms with van der Waals surface area (Å²) >= 11 is 0. The Morgan fingerprint density at radius 1 is 1.33 bits per heavy atom. The van der Waals surface area contributed by atoms with Crippen LogP contribution in [0.4, 0.5) is 0 Å². The fourth-order valence-corrected chi connectivity index (χ4v) is 1.90. The molecule has 0 bridgehead atoms. The molecule has 1 heterocycles. The van der Waals surface area contributed by atoms with Gasteiger partial charge in [-0.2, -0.15) is 0 Å². The molecule has 4 nitrogen and oxygen atoms in total. The van der Waals surface area contributed by atoms with Gasteiger partial charge in [-0.15, -0.1) is 0 Å². The van der Waals surface area contributed by atoms with E-state index in [2.05, 4.69) is 10.3 Å². The average Bonchev–Trinajstić information content (AvgIpc) is 2.39.